The average Bonchev–Trinajstić information content (AvgIpc) is 2.91. The zero-order valence-corrected chi connectivity index (χ0v) is 21.5. The molecule has 0 aliphatic carbocycles. The number of ether oxygens (including phenoxy) is 2. The van der Waals surface area contributed by atoms with Crippen molar-refractivity contribution in [3.63, 3.8) is 0 Å². The molecule has 0 spiro atoms. The fourth-order valence-electron chi connectivity index (χ4n) is 3.74. The summed E-state index contributed by atoms with van der Waals surface area (Å²) in [5, 5.41) is 10.3. The van der Waals surface area contributed by atoms with E-state index >= 15 is 8.78 Å². The van der Waals surface area contributed by atoms with Gasteiger partial charge in [0.15, 0.2) is 11.7 Å². The Labute approximate surface area is 224 Å². The number of halogens is 2. The zero-order valence-electron chi connectivity index (χ0n) is 21.5. The molecule has 0 saturated heterocycles. The van der Waals surface area contributed by atoms with Crippen LogP contribution in [0.5, 0.6) is 11.5 Å². The Hall–Kier alpha value is -5.06. The van der Waals surface area contributed by atoms with Crippen LogP contribution in [-0.4, -0.2) is 37.1 Å². The monoisotopic (exact) mass is 534 g/mol. The summed E-state index contributed by atoms with van der Waals surface area (Å²) in [6.07, 6.45) is -1.80. The van der Waals surface area contributed by atoms with Crippen molar-refractivity contribution in [2.45, 2.75) is 13.2 Å². The zero-order chi connectivity index (χ0) is 28.3. The van der Waals surface area contributed by atoms with Crippen LogP contribution in [0.25, 0.3) is 0 Å². The predicted molar refractivity (Wildman–Crippen MR) is 147 cm³/mol. The van der Waals surface area contributed by atoms with Gasteiger partial charge in [-0.3, -0.25) is 5.41 Å². The molecule has 3 aromatic rings. The molecule has 202 valence electrons. The number of allylic oxidation sites excluding steroid dienone is 2. The number of hydrogen-bond donors (Lipinski definition) is 4. The largest absolute Gasteiger partial charge is 0.461 e. The normalized spacial score (nSPS) is 15.2. The van der Waals surface area contributed by atoms with Gasteiger partial charge in [0.25, 0.3) is 0 Å². The number of amidine groups is 1. The van der Waals surface area contributed by atoms with Crippen molar-refractivity contribution >= 4 is 28.9 Å². The molecule has 0 saturated carbocycles. The number of hydrogen-bond acceptors (Lipinski definition) is 6. The summed E-state index contributed by atoms with van der Waals surface area (Å²) in [5.41, 5.74) is 12.7. The Bertz CT molecular complexity index is 1470. The number of carbonyl (C=O) groups excluding carboxylic acids is 1. The summed E-state index contributed by atoms with van der Waals surface area (Å²) in [6, 6.07) is 18.4. The molecular weight excluding hydrogens is 506 g/mol. The first-order valence-corrected chi connectivity index (χ1v) is 11.8. The van der Waals surface area contributed by atoms with Gasteiger partial charge >= 0.3 is 6.03 Å². The van der Waals surface area contributed by atoms with E-state index in [1.165, 1.54) is 25.1 Å². The van der Waals surface area contributed by atoms with E-state index in [4.69, 9.17) is 26.4 Å². The number of benzene rings is 3. The van der Waals surface area contributed by atoms with Crippen LogP contribution in [0.1, 0.15) is 12.5 Å². The maximum atomic E-state index is 15.7. The molecule has 9 nitrogen and oxygen atoms in total. The van der Waals surface area contributed by atoms with Crippen LogP contribution in [0.3, 0.4) is 0 Å². The average molecular weight is 535 g/mol. The van der Waals surface area contributed by atoms with E-state index in [0.717, 1.165) is 5.69 Å². The SMILES string of the molecule is CC1=C(F)C(Oc2cc(C(=N)N)ccc2N)N(C(=O)Nc2ccccc2)C(Oc2cccc(N(C)C)c2)=C1F. The lowest BCUT2D eigenvalue weighted by molar-refractivity contribution is 0.0512. The lowest BCUT2D eigenvalue weighted by Gasteiger charge is -2.35. The van der Waals surface area contributed by atoms with Gasteiger partial charge in [-0.1, -0.05) is 24.3 Å². The molecule has 6 N–H and O–H groups in total. The van der Waals surface area contributed by atoms with E-state index in [0.29, 0.717) is 10.6 Å². The van der Waals surface area contributed by atoms with Crippen molar-refractivity contribution in [2.75, 3.05) is 30.0 Å². The number of rotatable bonds is 7. The first kappa shape index (κ1) is 27.0. The van der Waals surface area contributed by atoms with Gasteiger partial charge < -0.3 is 31.2 Å². The number of urea groups is 1. The highest BCUT2D eigenvalue weighted by Gasteiger charge is 2.42. The van der Waals surface area contributed by atoms with Crippen LogP contribution in [0, 0.1) is 5.41 Å². The third kappa shape index (κ3) is 5.77. The number of nitrogens with one attached hydrogen (secondary N) is 2. The summed E-state index contributed by atoms with van der Waals surface area (Å²) in [5.74, 6) is -2.87. The second-order valence-corrected chi connectivity index (χ2v) is 8.89. The molecule has 11 heteroatoms. The van der Waals surface area contributed by atoms with Gasteiger partial charge in [-0.25, -0.2) is 18.5 Å². The number of nitrogens with two attached hydrogens (primary N) is 2. The van der Waals surface area contributed by atoms with Crippen molar-refractivity contribution in [2.24, 2.45) is 5.73 Å². The Morgan fingerprint density at radius 3 is 2.44 bits per heavy atom. The van der Waals surface area contributed by atoms with E-state index < -0.39 is 35.4 Å². The maximum Gasteiger partial charge on any atom is 0.332 e. The van der Waals surface area contributed by atoms with Crippen molar-refractivity contribution in [3.05, 3.63) is 101 Å². The van der Waals surface area contributed by atoms with E-state index in [2.05, 4.69) is 5.32 Å². The van der Waals surface area contributed by atoms with Gasteiger partial charge in [0.2, 0.25) is 12.1 Å². The number of carbonyl (C=O) groups is 1. The predicted octanol–water partition coefficient (Wildman–Crippen LogP) is 5.33. The van der Waals surface area contributed by atoms with Crippen LogP contribution in [-0.2, 0) is 0 Å². The van der Waals surface area contributed by atoms with Gasteiger partial charge in [0, 0.05) is 42.7 Å². The minimum Gasteiger partial charge on any atom is -0.461 e. The molecule has 39 heavy (non-hydrogen) atoms. The quantitative estimate of drug-likeness (QED) is 0.184. The second kappa shape index (κ2) is 11.1. The van der Waals surface area contributed by atoms with E-state index in [-0.39, 0.29) is 28.6 Å². The summed E-state index contributed by atoms with van der Waals surface area (Å²) in [4.78, 5) is 16.1. The number of amides is 2. The molecule has 1 aliphatic heterocycles. The molecule has 3 aromatic carbocycles. The second-order valence-electron chi connectivity index (χ2n) is 8.89. The smallest absolute Gasteiger partial charge is 0.332 e. The minimum absolute atomic E-state index is 0.0653. The van der Waals surface area contributed by atoms with E-state index in [9.17, 15) is 4.79 Å². The lowest BCUT2D eigenvalue weighted by Crippen LogP contribution is -2.49. The van der Waals surface area contributed by atoms with E-state index in [1.807, 2.05) is 25.1 Å². The fourth-order valence-corrected chi connectivity index (χ4v) is 3.74. The van der Waals surface area contributed by atoms with Gasteiger partial charge in [-0.15, -0.1) is 0 Å². The molecule has 0 fully saturated rings. The fraction of sp³-hybridized carbons (Fsp3) is 0.143. The highest BCUT2D eigenvalue weighted by atomic mass is 19.1. The first-order valence-electron chi connectivity index (χ1n) is 11.8. The molecule has 0 aromatic heterocycles. The number of nitrogen functional groups attached to an aromatic ring is 2. The van der Waals surface area contributed by atoms with Crippen molar-refractivity contribution in [3.8, 4) is 11.5 Å². The van der Waals surface area contributed by atoms with Gasteiger partial charge in [0.05, 0.1) is 5.69 Å². The Balaban J connectivity index is 1.80. The number of para-hydroxylation sites is 1. The molecular formula is C28H28F2N6O3. The lowest BCUT2D eigenvalue weighted by atomic mass is 10.1. The maximum absolute atomic E-state index is 15.7. The van der Waals surface area contributed by atoms with Gasteiger partial charge in [-0.2, -0.15) is 0 Å². The molecule has 1 atom stereocenters. The molecule has 0 bridgehead atoms. The molecule has 1 unspecified atom stereocenters. The summed E-state index contributed by atoms with van der Waals surface area (Å²) < 4.78 is 43.1. The Morgan fingerprint density at radius 2 is 1.77 bits per heavy atom. The van der Waals surface area contributed by atoms with Crippen LogP contribution in [0.4, 0.5) is 30.6 Å². The van der Waals surface area contributed by atoms with Crippen LogP contribution in [0.15, 0.2) is 95.9 Å². The first-order chi connectivity index (χ1) is 18.6. The van der Waals surface area contributed by atoms with Crippen molar-refractivity contribution < 1.29 is 23.0 Å². The topological polar surface area (TPSA) is 130 Å². The van der Waals surface area contributed by atoms with Crippen LogP contribution >= 0.6 is 0 Å². The van der Waals surface area contributed by atoms with Gasteiger partial charge in [-0.05, 0) is 49.4 Å². The van der Waals surface area contributed by atoms with Crippen molar-refractivity contribution in [1.82, 2.24) is 4.90 Å². The molecule has 1 aliphatic rings. The summed E-state index contributed by atoms with van der Waals surface area (Å²) in [7, 11) is 3.65. The summed E-state index contributed by atoms with van der Waals surface area (Å²) >= 11 is 0. The Kier molecular flexibility index (Phi) is 7.70. The third-order valence-electron chi connectivity index (χ3n) is 5.90. The molecule has 0 radical (unpaired) electrons. The van der Waals surface area contributed by atoms with Crippen molar-refractivity contribution in [1.29, 1.82) is 5.41 Å². The number of anilines is 3. The van der Waals surface area contributed by atoms with Gasteiger partial charge in [0.1, 0.15) is 17.3 Å². The molecule has 1 heterocycles. The Morgan fingerprint density at radius 1 is 1.05 bits per heavy atom. The summed E-state index contributed by atoms with van der Waals surface area (Å²) in [6.45, 7) is 1.21. The molecule has 2 amide bonds. The highest BCUT2D eigenvalue weighted by Crippen LogP contribution is 2.38. The number of nitrogens with zero attached hydrogens (tertiary/aromatic N) is 2. The van der Waals surface area contributed by atoms with Crippen LogP contribution < -0.4 is 31.2 Å². The minimum atomic E-state index is -1.80. The van der Waals surface area contributed by atoms with Crippen LogP contribution in [0.2, 0.25) is 0 Å². The molecule has 4 rings (SSSR count). The standard InChI is InChI=1S/C28H28F2N6O3/c1-16-23(29)26(38-20-11-7-10-19(15-20)35(2)3)36(28(37)34-18-8-5-4-6-9-18)27(24(16)30)39-22-14-17(25(32)33)12-13-21(22)31/h4-15,27H,31H2,1-3H3,(H3,32,33)(H,34,37). The van der Waals surface area contributed by atoms with E-state index in [1.54, 1.807) is 48.5 Å². The third-order valence-corrected chi connectivity index (χ3v) is 5.90. The highest BCUT2D eigenvalue weighted by molar-refractivity contribution is 5.96.